The van der Waals surface area contributed by atoms with Gasteiger partial charge < -0.3 is 9.32 Å². The standard InChI is InChI=1S/C57H45NO/c1-56(2)48-26-8-4-20-42(48)45-24-15-25-46(55(45)56)44-21-6-10-28-51(44)58(39-31-32-43-41-19-5-9-27-49(41)57(50(43)36-39)33-12-3-13-34-57)38-18-14-17-37(35-38)40-23-16-30-53-54(40)47-22-7-11-29-52(47)59-53/h4-11,14-32,35-36H,3,12-13,33-34H2,1-2H3. The summed E-state index contributed by atoms with van der Waals surface area (Å²) >= 11 is 0. The molecule has 0 amide bonds. The number of hydrogen-bond donors (Lipinski definition) is 0. The van der Waals surface area contributed by atoms with E-state index in [1.807, 2.05) is 0 Å². The maximum absolute atomic E-state index is 6.39. The largest absolute Gasteiger partial charge is 0.456 e. The van der Waals surface area contributed by atoms with E-state index in [4.69, 9.17) is 4.42 Å². The number of furan rings is 1. The molecule has 0 N–H and O–H groups in total. The van der Waals surface area contributed by atoms with Gasteiger partial charge in [0.2, 0.25) is 0 Å². The predicted molar refractivity (Wildman–Crippen MR) is 246 cm³/mol. The Kier molecular flexibility index (Phi) is 7.54. The van der Waals surface area contributed by atoms with Gasteiger partial charge in [-0.1, -0.05) is 167 Å². The minimum Gasteiger partial charge on any atom is -0.456 e. The zero-order valence-electron chi connectivity index (χ0n) is 33.6. The van der Waals surface area contributed by atoms with E-state index < -0.39 is 0 Å². The van der Waals surface area contributed by atoms with Crippen molar-refractivity contribution >= 4 is 39.0 Å². The fraction of sp³-hybridized carbons (Fsp3) is 0.158. The molecule has 12 rings (SSSR count). The summed E-state index contributed by atoms with van der Waals surface area (Å²) in [7, 11) is 0. The number of benzene rings is 8. The van der Waals surface area contributed by atoms with E-state index in [0.717, 1.165) is 33.2 Å². The summed E-state index contributed by atoms with van der Waals surface area (Å²) in [5, 5.41) is 2.30. The van der Waals surface area contributed by atoms with Crippen molar-refractivity contribution in [2.45, 2.75) is 56.8 Å². The fourth-order valence-electron chi connectivity index (χ4n) is 11.5. The van der Waals surface area contributed by atoms with E-state index >= 15 is 0 Å². The van der Waals surface area contributed by atoms with Crippen LogP contribution < -0.4 is 4.90 Å². The van der Waals surface area contributed by atoms with Crippen LogP contribution in [0.15, 0.2) is 180 Å². The smallest absolute Gasteiger partial charge is 0.136 e. The van der Waals surface area contributed by atoms with Gasteiger partial charge in [0.1, 0.15) is 11.2 Å². The van der Waals surface area contributed by atoms with Gasteiger partial charge >= 0.3 is 0 Å². The number of fused-ring (bicyclic) bond motifs is 11. The molecule has 1 saturated carbocycles. The molecular formula is C57H45NO. The molecule has 0 bridgehead atoms. The van der Waals surface area contributed by atoms with Gasteiger partial charge in [-0.05, 0) is 117 Å². The lowest BCUT2D eigenvalue weighted by Gasteiger charge is -2.37. The average Bonchev–Trinajstić information content (AvgIpc) is 3.88. The summed E-state index contributed by atoms with van der Waals surface area (Å²) < 4.78 is 6.39. The number of anilines is 3. The molecule has 0 unspecified atom stereocenters. The Balaban J connectivity index is 1.10. The Morgan fingerprint density at radius 1 is 0.441 bits per heavy atom. The van der Waals surface area contributed by atoms with E-state index in [9.17, 15) is 0 Å². The molecule has 59 heavy (non-hydrogen) atoms. The summed E-state index contributed by atoms with van der Waals surface area (Å²) in [6.07, 6.45) is 6.23. The van der Waals surface area contributed by atoms with Crippen LogP contribution in [0.1, 0.15) is 68.2 Å². The number of rotatable bonds is 5. The monoisotopic (exact) mass is 759 g/mol. The lowest BCUT2D eigenvalue weighted by Crippen LogP contribution is -2.28. The van der Waals surface area contributed by atoms with Crippen molar-refractivity contribution in [3.8, 4) is 44.5 Å². The summed E-state index contributed by atoms with van der Waals surface area (Å²) in [4.78, 5) is 2.54. The van der Waals surface area contributed by atoms with E-state index in [1.165, 1.54) is 105 Å². The number of para-hydroxylation sites is 2. The van der Waals surface area contributed by atoms with Crippen molar-refractivity contribution in [3.05, 3.63) is 198 Å². The number of nitrogens with zero attached hydrogens (tertiary/aromatic N) is 1. The molecule has 8 aromatic carbocycles. The van der Waals surface area contributed by atoms with Gasteiger partial charge in [-0.3, -0.25) is 0 Å². The minimum atomic E-state index is -0.154. The van der Waals surface area contributed by atoms with E-state index in [0.29, 0.717) is 0 Å². The lowest BCUT2D eigenvalue weighted by molar-refractivity contribution is 0.353. The van der Waals surface area contributed by atoms with Crippen molar-refractivity contribution in [2.75, 3.05) is 4.90 Å². The normalized spacial score (nSPS) is 15.6. The van der Waals surface area contributed by atoms with Crippen molar-refractivity contribution < 1.29 is 4.42 Å². The Labute approximate surface area is 346 Å². The maximum Gasteiger partial charge on any atom is 0.136 e. The molecule has 0 aliphatic heterocycles. The zero-order valence-corrected chi connectivity index (χ0v) is 33.6. The Morgan fingerprint density at radius 2 is 1.03 bits per heavy atom. The molecule has 9 aromatic rings. The predicted octanol–water partition coefficient (Wildman–Crippen LogP) is 15.9. The highest BCUT2D eigenvalue weighted by Gasteiger charge is 2.44. The molecule has 1 aromatic heterocycles. The minimum absolute atomic E-state index is 0.0429. The molecule has 0 saturated heterocycles. The van der Waals surface area contributed by atoms with Crippen LogP contribution in [0, 0.1) is 0 Å². The SMILES string of the molecule is CC1(C)c2ccccc2-c2cccc(-c3ccccc3N(c3cccc(-c4cccc5oc6ccccc6c45)c3)c3ccc4c(c3)C3(CCCCC3)c3ccccc3-4)c21. The topological polar surface area (TPSA) is 16.4 Å². The average molecular weight is 760 g/mol. The highest BCUT2D eigenvalue weighted by molar-refractivity contribution is 6.12. The second-order valence-corrected chi connectivity index (χ2v) is 17.5. The first-order chi connectivity index (χ1) is 29.0. The molecule has 1 spiro atoms. The second-order valence-electron chi connectivity index (χ2n) is 17.5. The molecule has 1 fully saturated rings. The van der Waals surface area contributed by atoms with Crippen LogP contribution in [0.3, 0.4) is 0 Å². The Morgan fingerprint density at radius 3 is 1.88 bits per heavy atom. The van der Waals surface area contributed by atoms with Gasteiger partial charge in [0.25, 0.3) is 0 Å². The first-order valence-corrected chi connectivity index (χ1v) is 21.4. The van der Waals surface area contributed by atoms with Crippen LogP contribution in [0.4, 0.5) is 17.1 Å². The fourth-order valence-corrected chi connectivity index (χ4v) is 11.5. The van der Waals surface area contributed by atoms with Gasteiger partial charge in [0, 0.05) is 38.5 Å². The van der Waals surface area contributed by atoms with Crippen molar-refractivity contribution in [1.82, 2.24) is 0 Å². The molecule has 1 heterocycles. The van der Waals surface area contributed by atoms with Crippen LogP contribution in [0.25, 0.3) is 66.4 Å². The summed E-state index contributed by atoms with van der Waals surface area (Å²) in [6.45, 7) is 4.79. The van der Waals surface area contributed by atoms with Gasteiger partial charge in [-0.2, -0.15) is 0 Å². The third-order valence-electron chi connectivity index (χ3n) is 14.0. The van der Waals surface area contributed by atoms with Crippen molar-refractivity contribution in [3.63, 3.8) is 0 Å². The zero-order chi connectivity index (χ0) is 39.3. The number of hydrogen-bond acceptors (Lipinski definition) is 2. The summed E-state index contributed by atoms with van der Waals surface area (Å²) in [6, 6.07) is 65.6. The quantitative estimate of drug-likeness (QED) is 0.174. The van der Waals surface area contributed by atoms with Crippen LogP contribution in [0.2, 0.25) is 0 Å². The van der Waals surface area contributed by atoms with Crippen molar-refractivity contribution in [2.24, 2.45) is 0 Å². The lowest BCUT2D eigenvalue weighted by atomic mass is 9.68. The van der Waals surface area contributed by atoms with Gasteiger partial charge in [0.05, 0.1) is 5.69 Å². The van der Waals surface area contributed by atoms with Gasteiger partial charge in [0.15, 0.2) is 0 Å². The third-order valence-corrected chi connectivity index (χ3v) is 14.0. The molecule has 3 aliphatic carbocycles. The van der Waals surface area contributed by atoms with Crippen molar-refractivity contribution in [1.29, 1.82) is 0 Å². The van der Waals surface area contributed by atoms with Crippen LogP contribution in [-0.4, -0.2) is 0 Å². The van der Waals surface area contributed by atoms with Crippen LogP contribution in [-0.2, 0) is 10.8 Å². The molecule has 284 valence electrons. The maximum atomic E-state index is 6.39. The van der Waals surface area contributed by atoms with Crippen LogP contribution in [0.5, 0.6) is 0 Å². The Bertz CT molecular complexity index is 3140. The van der Waals surface area contributed by atoms with E-state index in [1.54, 1.807) is 0 Å². The molecule has 3 aliphatic rings. The van der Waals surface area contributed by atoms with E-state index in [-0.39, 0.29) is 10.8 Å². The molecule has 0 radical (unpaired) electrons. The Hall–Kier alpha value is -6.64. The van der Waals surface area contributed by atoms with Gasteiger partial charge in [-0.15, -0.1) is 0 Å². The summed E-state index contributed by atoms with van der Waals surface area (Å²) in [5.41, 5.74) is 21.3. The second kappa shape index (κ2) is 12.9. The van der Waals surface area contributed by atoms with E-state index in [2.05, 4.69) is 195 Å². The summed E-state index contributed by atoms with van der Waals surface area (Å²) in [5.74, 6) is 0. The molecule has 0 atom stereocenters. The highest BCUT2D eigenvalue weighted by atomic mass is 16.3. The molecular weight excluding hydrogens is 715 g/mol. The highest BCUT2D eigenvalue weighted by Crippen LogP contribution is 2.58. The first-order valence-electron chi connectivity index (χ1n) is 21.4. The van der Waals surface area contributed by atoms with Crippen LogP contribution >= 0.6 is 0 Å². The molecule has 2 nitrogen and oxygen atoms in total. The first kappa shape index (κ1) is 34.4. The van der Waals surface area contributed by atoms with Gasteiger partial charge in [-0.25, -0.2) is 0 Å². The molecule has 2 heteroatoms. The third kappa shape index (κ3) is 4.99.